The first-order chi connectivity index (χ1) is 10.7. The zero-order valence-electron chi connectivity index (χ0n) is 12.4. The highest BCUT2D eigenvalue weighted by atomic mass is 32.2. The van der Waals surface area contributed by atoms with Gasteiger partial charge in [-0.2, -0.15) is 18.4 Å². The topological polar surface area (TPSA) is 27.0 Å². The molecule has 8 heteroatoms. The Balaban J connectivity index is 0.000000463. The lowest BCUT2D eigenvalue weighted by Gasteiger charge is -2.14. The molecule has 1 aromatic carbocycles. The summed E-state index contributed by atoms with van der Waals surface area (Å²) < 4.78 is 47.0. The van der Waals surface area contributed by atoms with Crippen molar-refractivity contribution in [3.8, 4) is 6.07 Å². The summed E-state index contributed by atoms with van der Waals surface area (Å²) in [5.74, 6) is -0.217. The van der Waals surface area contributed by atoms with Crippen molar-refractivity contribution in [2.45, 2.75) is 23.9 Å². The smallest absolute Gasteiger partial charge is 0.244 e. The van der Waals surface area contributed by atoms with Crippen molar-refractivity contribution >= 4 is 23.3 Å². The van der Waals surface area contributed by atoms with Gasteiger partial charge in [0.2, 0.25) is 0 Å². The molecule has 0 saturated heterocycles. The quantitative estimate of drug-likeness (QED) is 0.533. The largest absolute Gasteiger partial charge is 0.386 e. The van der Waals surface area contributed by atoms with Gasteiger partial charge in [0.25, 0.3) is 0 Å². The molecular formula is C15H14F4N2S2. The fourth-order valence-electron chi connectivity index (χ4n) is 1.46. The molecule has 0 amide bonds. The van der Waals surface area contributed by atoms with Crippen LogP contribution in [0.15, 0.2) is 40.6 Å². The molecule has 0 N–H and O–H groups in total. The molecule has 1 heterocycles. The van der Waals surface area contributed by atoms with Crippen LogP contribution in [0.4, 0.5) is 17.6 Å². The Kier molecular flexibility index (Phi) is 7.55. The third-order valence-electron chi connectivity index (χ3n) is 2.26. The second kappa shape index (κ2) is 8.91. The first kappa shape index (κ1) is 19.5. The van der Waals surface area contributed by atoms with E-state index in [4.69, 9.17) is 5.26 Å². The number of nitriles is 1. The monoisotopic (exact) mass is 362 g/mol. The molecule has 1 aromatic heterocycles. The van der Waals surface area contributed by atoms with Gasteiger partial charge in [0, 0.05) is 13.5 Å². The minimum atomic E-state index is -4.00. The number of benzene rings is 1. The maximum absolute atomic E-state index is 12.8. The van der Waals surface area contributed by atoms with Crippen LogP contribution in [-0.4, -0.2) is 17.5 Å². The minimum Gasteiger partial charge on any atom is -0.244 e. The Morgan fingerprint density at radius 2 is 1.74 bits per heavy atom. The van der Waals surface area contributed by atoms with Gasteiger partial charge >= 0.3 is 6.18 Å². The van der Waals surface area contributed by atoms with Gasteiger partial charge in [-0.3, -0.25) is 0 Å². The van der Waals surface area contributed by atoms with Crippen LogP contribution in [0.25, 0.3) is 0 Å². The first-order valence-electron chi connectivity index (χ1n) is 6.37. The van der Waals surface area contributed by atoms with E-state index in [1.165, 1.54) is 23.5 Å². The average Bonchev–Trinajstić information content (AvgIpc) is 2.87. The molecule has 2 rings (SSSR count). The maximum Gasteiger partial charge on any atom is 0.386 e. The van der Waals surface area contributed by atoms with Gasteiger partial charge < -0.3 is 0 Å². The van der Waals surface area contributed by atoms with Gasteiger partial charge in [-0.15, -0.1) is 11.3 Å². The van der Waals surface area contributed by atoms with Gasteiger partial charge in [0.1, 0.15) is 16.8 Å². The van der Waals surface area contributed by atoms with E-state index < -0.39 is 6.18 Å². The summed E-state index contributed by atoms with van der Waals surface area (Å²) in [6.45, 7) is 0.914. The van der Waals surface area contributed by atoms with E-state index in [0.717, 1.165) is 16.3 Å². The molecule has 0 bridgehead atoms. The summed E-state index contributed by atoms with van der Waals surface area (Å²) in [5.41, 5.74) is 1.06. The van der Waals surface area contributed by atoms with Crippen molar-refractivity contribution in [1.82, 2.24) is 4.31 Å². The zero-order chi connectivity index (χ0) is 17.5. The van der Waals surface area contributed by atoms with Gasteiger partial charge in [0.05, 0.1) is 4.21 Å². The van der Waals surface area contributed by atoms with E-state index in [9.17, 15) is 17.6 Å². The van der Waals surface area contributed by atoms with Gasteiger partial charge in [-0.05, 0) is 48.8 Å². The number of rotatable bonds is 4. The molecule has 2 nitrogen and oxygen atoms in total. The van der Waals surface area contributed by atoms with E-state index in [1.807, 2.05) is 19.2 Å². The average molecular weight is 362 g/mol. The number of hydrogen-bond acceptors (Lipinski definition) is 4. The fraction of sp³-hybridized carbons (Fsp3) is 0.267. The van der Waals surface area contributed by atoms with Crippen LogP contribution in [0.2, 0.25) is 0 Å². The lowest BCUT2D eigenvalue weighted by Crippen LogP contribution is -2.07. The summed E-state index contributed by atoms with van der Waals surface area (Å²) >= 11 is 3.06. The van der Waals surface area contributed by atoms with Crippen LogP contribution in [0.3, 0.4) is 0 Å². The molecule has 0 radical (unpaired) electrons. The Hall–Kier alpha value is -1.56. The van der Waals surface area contributed by atoms with E-state index >= 15 is 0 Å². The minimum absolute atomic E-state index is 0.188. The third kappa shape index (κ3) is 9.23. The lowest BCUT2D eigenvalue weighted by atomic mass is 10.2. The number of nitrogens with zero attached hydrogens (tertiary/aromatic N) is 2. The molecule has 0 atom stereocenters. The SMILES string of the molecule is CC(F)(F)F.CN(Cc1ccc(F)cc1)Sc1ccc(C#N)s1. The second-order valence-corrected chi connectivity index (χ2v) is 7.10. The zero-order valence-corrected chi connectivity index (χ0v) is 14.0. The van der Waals surface area contributed by atoms with Crippen molar-refractivity contribution in [2.75, 3.05) is 7.05 Å². The van der Waals surface area contributed by atoms with Gasteiger partial charge in [-0.25, -0.2) is 8.70 Å². The molecule has 2 aromatic rings. The Labute approximate surface area is 140 Å². The van der Waals surface area contributed by atoms with Crippen LogP contribution in [-0.2, 0) is 6.54 Å². The Morgan fingerprint density at radius 1 is 1.17 bits per heavy atom. The fourth-order valence-corrected chi connectivity index (χ4v) is 3.45. The summed E-state index contributed by atoms with van der Waals surface area (Å²) in [6, 6.07) is 12.4. The van der Waals surface area contributed by atoms with E-state index in [1.54, 1.807) is 24.1 Å². The standard InChI is InChI=1S/C13H11FN2S2.C2H3F3/c1-16(9-10-2-4-11(14)5-3-10)18-13-7-6-12(8-15)17-13;1-2(3,4)5/h2-7H,9H2,1H3;1H3. The molecule has 0 fully saturated rings. The van der Waals surface area contributed by atoms with Crippen LogP contribution in [0, 0.1) is 17.1 Å². The molecule has 124 valence electrons. The van der Waals surface area contributed by atoms with Gasteiger partial charge in [0.15, 0.2) is 0 Å². The first-order valence-corrected chi connectivity index (χ1v) is 7.96. The van der Waals surface area contributed by atoms with Crippen molar-refractivity contribution in [1.29, 1.82) is 5.26 Å². The molecular weight excluding hydrogens is 348 g/mol. The van der Waals surface area contributed by atoms with Crippen LogP contribution in [0.5, 0.6) is 0 Å². The van der Waals surface area contributed by atoms with Crippen LogP contribution in [0.1, 0.15) is 17.4 Å². The Morgan fingerprint density at radius 3 is 2.22 bits per heavy atom. The molecule has 0 aliphatic heterocycles. The highest BCUT2D eigenvalue weighted by molar-refractivity contribution is 7.98. The van der Waals surface area contributed by atoms with E-state index in [0.29, 0.717) is 4.88 Å². The Bertz CT molecular complexity index is 639. The molecule has 0 saturated carbocycles. The molecule has 23 heavy (non-hydrogen) atoms. The van der Waals surface area contributed by atoms with Crippen molar-refractivity contribution in [3.05, 3.63) is 52.7 Å². The molecule has 0 aliphatic carbocycles. The summed E-state index contributed by atoms with van der Waals surface area (Å²) in [5, 5.41) is 8.75. The normalized spacial score (nSPS) is 10.9. The van der Waals surface area contributed by atoms with Crippen LogP contribution < -0.4 is 0 Å². The maximum atomic E-state index is 12.8. The van der Waals surface area contributed by atoms with Crippen molar-refractivity contribution < 1.29 is 17.6 Å². The molecule has 0 unspecified atom stereocenters. The van der Waals surface area contributed by atoms with Crippen molar-refractivity contribution in [2.24, 2.45) is 0 Å². The number of hydrogen-bond donors (Lipinski definition) is 0. The van der Waals surface area contributed by atoms with Crippen LogP contribution >= 0.6 is 23.3 Å². The summed E-state index contributed by atoms with van der Waals surface area (Å²) in [6.07, 6.45) is -4.00. The second-order valence-electron chi connectivity index (χ2n) is 4.52. The summed E-state index contributed by atoms with van der Waals surface area (Å²) in [4.78, 5) is 0.715. The number of thiophene rings is 1. The molecule has 0 spiro atoms. The molecule has 0 aliphatic rings. The predicted octanol–water partition coefficient (Wildman–Crippen LogP) is 5.47. The van der Waals surface area contributed by atoms with Crippen molar-refractivity contribution in [3.63, 3.8) is 0 Å². The summed E-state index contributed by atoms with van der Waals surface area (Å²) in [7, 11) is 1.97. The number of alkyl halides is 3. The highest BCUT2D eigenvalue weighted by Crippen LogP contribution is 2.29. The van der Waals surface area contributed by atoms with Gasteiger partial charge in [-0.1, -0.05) is 12.1 Å². The lowest BCUT2D eigenvalue weighted by molar-refractivity contribution is -0.110. The number of halogens is 4. The third-order valence-corrected chi connectivity index (χ3v) is 4.27. The highest BCUT2D eigenvalue weighted by Gasteiger charge is 2.15. The van der Waals surface area contributed by atoms with E-state index in [2.05, 4.69) is 10.4 Å². The van der Waals surface area contributed by atoms with E-state index in [-0.39, 0.29) is 12.7 Å². The predicted molar refractivity (Wildman–Crippen MR) is 84.5 cm³/mol.